The largest absolute Gasteiger partial charge is 0.497 e. The molecule has 0 spiro atoms. The molecule has 4 aromatic rings. The minimum atomic E-state index is -4.00. The summed E-state index contributed by atoms with van der Waals surface area (Å²) in [6.45, 7) is 7.56. The Morgan fingerprint density at radius 2 is 1.75 bits per heavy atom. The lowest BCUT2D eigenvalue weighted by Crippen LogP contribution is -2.49. The van der Waals surface area contributed by atoms with Crippen LogP contribution >= 0.6 is 0 Å². The van der Waals surface area contributed by atoms with Crippen LogP contribution in [0.4, 0.5) is 0 Å². The number of fused-ring (bicyclic) bond motifs is 5. The first-order valence-electron chi connectivity index (χ1n) is 18.0. The molecule has 272 valence electrons. The lowest BCUT2D eigenvalue weighted by molar-refractivity contribution is -0.144. The highest BCUT2D eigenvalue weighted by atomic mass is 32.2. The Labute approximate surface area is 299 Å². The summed E-state index contributed by atoms with van der Waals surface area (Å²) in [6, 6.07) is 11.7. The van der Waals surface area contributed by atoms with E-state index in [1.165, 1.54) is 26.1 Å². The Kier molecular flexibility index (Phi) is 9.24. The number of hydrogen-bond acceptors (Lipinski definition) is 8. The van der Waals surface area contributed by atoms with Crippen LogP contribution in [0.15, 0.2) is 40.9 Å². The molecule has 2 aromatic carbocycles. The van der Waals surface area contributed by atoms with Gasteiger partial charge in [-0.05, 0) is 92.8 Å². The maximum Gasteiger partial charge on any atom is 0.303 e. The third-order valence-corrected chi connectivity index (χ3v) is 13.1. The summed E-state index contributed by atoms with van der Waals surface area (Å²) in [5, 5.41) is 5.01. The second-order valence-corrected chi connectivity index (χ2v) is 16.9. The molecule has 0 radical (unpaired) electrons. The molecule has 12 nitrogen and oxygen atoms in total. The van der Waals surface area contributed by atoms with Gasteiger partial charge in [0.1, 0.15) is 5.75 Å². The summed E-state index contributed by atoms with van der Waals surface area (Å²) >= 11 is 0. The molecule has 2 aliphatic heterocycles. The zero-order valence-corrected chi connectivity index (χ0v) is 31.2. The molecule has 1 aliphatic carbocycles. The van der Waals surface area contributed by atoms with Crippen LogP contribution in [0, 0.1) is 12.3 Å². The van der Waals surface area contributed by atoms with Gasteiger partial charge < -0.3 is 18.7 Å². The van der Waals surface area contributed by atoms with Gasteiger partial charge in [-0.15, -0.1) is 0 Å². The monoisotopic (exact) mass is 716 g/mol. The number of methoxy groups -OCH3 is 1. The van der Waals surface area contributed by atoms with Crippen LogP contribution in [0.2, 0.25) is 0 Å². The Morgan fingerprint density at radius 3 is 2.39 bits per heavy atom. The molecule has 7 rings (SSSR count). The van der Waals surface area contributed by atoms with Gasteiger partial charge >= 0.3 is 10.2 Å². The normalized spacial score (nSPS) is 21.7. The quantitative estimate of drug-likeness (QED) is 0.241. The van der Waals surface area contributed by atoms with E-state index in [2.05, 4.69) is 45.4 Å². The molecule has 4 heterocycles. The third kappa shape index (κ3) is 6.22. The molecular weight excluding hydrogens is 669 g/mol. The number of hydrogen-bond donors (Lipinski definition) is 1. The minimum Gasteiger partial charge on any atom is -0.497 e. The summed E-state index contributed by atoms with van der Waals surface area (Å²) in [7, 11) is 0.418. The van der Waals surface area contributed by atoms with Crippen LogP contribution < -0.4 is 9.46 Å². The number of amides is 2. The van der Waals surface area contributed by atoms with Crippen LogP contribution in [-0.4, -0.2) is 78.4 Å². The second-order valence-electron chi connectivity index (χ2n) is 15.0. The van der Waals surface area contributed by atoms with Crippen molar-refractivity contribution in [3.05, 3.63) is 64.8 Å². The number of rotatable bonds is 7. The Morgan fingerprint density at radius 1 is 1.02 bits per heavy atom. The maximum atomic E-state index is 15.0. The standard InChI is InChI=1S/C38H48N6O6S/c1-23-31-21-28(49-6)13-15-29(31)34-33(25-10-8-7-9-11-25)30-14-12-27(35(45)41-51(47,48)42(4)5)20-32(30)44(34)22-38(23,3)37(46)43-18-16-26(17-19-43)36-39-24(2)40-50-36/h12-15,20-21,23,25-26H,7-11,16-19,22H2,1-6H3,(H,41,45). The first kappa shape index (κ1) is 35.2. The average molecular weight is 717 g/mol. The SMILES string of the molecule is COc1ccc2c(c1)C(C)C(C)(C(=O)N1CCC(c3nc(C)no3)CC1)Cn1c-2c(C2CCCCC2)c2ccc(C(=O)NS(=O)(=O)N(C)C)cc21. The molecule has 2 fully saturated rings. The highest BCUT2D eigenvalue weighted by Crippen LogP contribution is 2.53. The number of nitrogens with zero attached hydrogens (tertiary/aromatic N) is 5. The molecule has 1 N–H and O–H groups in total. The minimum absolute atomic E-state index is 0.0730. The van der Waals surface area contributed by atoms with Crippen LogP contribution in [0.25, 0.3) is 22.2 Å². The zero-order chi connectivity index (χ0) is 36.2. The number of likely N-dealkylation sites (tertiary alicyclic amines) is 1. The third-order valence-electron chi connectivity index (χ3n) is 11.7. The number of ether oxygens (including phenoxy) is 1. The van der Waals surface area contributed by atoms with Crippen molar-refractivity contribution in [2.24, 2.45) is 5.41 Å². The lowest BCUT2D eigenvalue weighted by atomic mass is 9.72. The summed E-state index contributed by atoms with van der Waals surface area (Å²) < 4.78 is 41.9. The summed E-state index contributed by atoms with van der Waals surface area (Å²) in [4.78, 5) is 34.9. The molecule has 2 atom stereocenters. The predicted octanol–water partition coefficient (Wildman–Crippen LogP) is 6.12. The van der Waals surface area contributed by atoms with Crippen molar-refractivity contribution >= 4 is 32.9 Å². The van der Waals surface area contributed by atoms with Gasteiger partial charge in [-0.3, -0.25) is 9.59 Å². The van der Waals surface area contributed by atoms with Crippen LogP contribution in [0.1, 0.15) is 110 Å². The number of benzene rings is 2. The van der Waals surface area contributed by atoms with E-state index in [9.17, 15) is 18.0 Å². The molecule has 2 aromatic heterocycles. The van der Waals surface area contributed by atoms with Crippen LogP contribution in [0.3, 0.4) is 0 Å². The number of carbonyl (C=O) groups excluding carboxylic acids is 2. The van der Waals surface area contributed by atoms with E-state index < -0.39 is 21.5 Å². The maximum absolute atomic E-state index is 15.0. The first-order valence-corrected chi connectivity index (χ1v) is 19.4. The molecule has 1 saturated carbocycles. The van der Waals surface area contributed by atoms with Crippen molar-refractivity contribution in [3.8, 4) is 17.0 Å². The van der Waals surface area contributed by atoms with Gasteiger partial charge in [0, 0.05) is 61.7 Å². The zero-order valence-electron chi connectivity index (χ0n) is 30.4. The number of piperidine rings is 1. The predicted molar refractivity (Wildman–Crippen MR) is 194 cm³/mol. The fourth-order valence-electron chi connectivity index (χ4n) is 8.52. The van der Waals surface area contributed by atoms with Crippen molar-refractivity contribution in [1.29, 1.82) is 0 Å². The van der Waals surface area contributed by atoms with Crippen molar-refractivity contribution in [2.75, 3.05) is 34.3 Å². The molecule has 51 heavy (non-hydrogen) atoms. The summed E-state index contributed by atoms with van der Waals surface area (Å²) in [5.74, 6) is 1.58. The van der Waals surface area contributed by atoms with E-state index in [0.717, 1.165) is 76.3 Å². The molecular formula is C38H48N6O6S. The van der Waals surface area contributed by atoms with Crippen molar-refractivity contribution in [2.45, 2.75) is 90.0 Å². The summed E-state index contributed by atoms with van der Waals surface area (Å²) in [5.41, 5.74) is 4.61. The highest BCUT2D eigenvalue weighted by Gasteiger charge is 2.47. The fourth-order valence-corrected chi connectivity index (χ4v) is 9.05. The average Bonchev–Trinajstić information content (AvgIpc) is 3.68. The smallest absolute Gasteiger partial charge is 0.303 e. The summed E-state index contributed by atoms with van der Waals surface area (Å²) in [6.07, 6.45) is 7.07. The van der Waals surface area contributed by atoms with E-state index in [-0.39, 0.29) is 23.3 Å². The van der Waals surface area contributed by atoms with Gasteiger partial charge in [-0.25, -0.2) is 4.72 Å². The van der Waals surface area contributed by atoms with Gasteiger partial charge in [0.2, 0.25) is 11.8 Å². The fraction of sp³-hybridized carbons (Fsp3) is 0.526. The molecule has 2 amide bonds. The van der Waals surface area contributed by atoms with Crippen LogP contribution in [-0.2, 0) is 21.5 Å². The first-order chi connectivity index (χ1) is 24.3. The van der Waals surface area contributed by atoms with Gasteiger partial charge in [-0.1, -0.05) is 37.4 Å². The number of carbonyl (C=O) groups is 2. The van der Waals surface area contributed by atoms with Gasteiger partial charge in [-0.2, -0.15) is 17.7 Å². The van der Waals surface area contributed by atoms with Crippen molar-refractivity contribution in [3.63, 3.8) is 0 Å². The topological polar surface area (TPSA) is 140 Å². The molecule has 1 saturated heterocycles. The van der Waals surface area contributed by atoms with Gasteiger partial charge in [0.25, 0.3) is 5.91 Å². The van der Waals surface area contributed by atoms with E-state index >= 15 is 0 Å². The molecule has 13 heteroatoms. The van der Waals surface area contributed by atoms with Crippen molar-refractivity contribution < 1.29 is 27.3 Å². The van der Waals surface area contributed by atoms with Gasteiger partial charge in [0.05, 0.1) is 18.2 Å². The van der Waals surface area contributed by atoms with E-state index in [0.29, 0.717) is 37.3 Å². The van der Waals surface area contributed by atoms with Gasteiger partial charge in [0.15, 0.2) is 5.82 Å². The van der Waals surface area contributed by atoms with E-state index in [1.807, 2.05) is 24.0 Å². The molecule has 3 aliphatic rings. The molecule has 0 bridgehead atoms. The van der Waals surface area contributed by atoms with Crippen molar-refractivity contribution in [1.82, 2.24) is 28.6 Å². The van der Waals surface area contributed by atoms with E-state index in [1.54, 1.807) is 19.2 Å². The molecule has 2 unspecified atom stereocenters. The Balaban J connectivity index is 1.37. The number of nitrogens with one attached hydrogen (secondary N) is 1. The Bertz CT molecular complexity index is 2090. The Hall–Kier alpha value is -4.23. The second kappa shape index (κ2) is 13.4. The van der Waals surface area contributed by atoms with E-state index in [4.69, 9.17) is 9.26 Å². The number of aromatic nitrogens is 3. The number of aryl methyl sites for hydroxylation is 1. The lowest BCUT2D eigenvalue weighted by Gasteiger charge is -2.41. The van der Waals surface area contributed by atoms with Crippen LogP contribution in [0.5, 0.6) is 5.75 Å². The highest BCUT2D eigenvalue weighted by molar-refractivity contribution is 7.87.